The number of hydrogen-bond donors (Lipinski definition) is 0. The summed E-state index contributed by atoms with van der Waals surface area (Å²) < 4.78 is 32.2. The van der Waals surface area contributed by atoms with Crippen molar-refractivity contribution in [2.24, 2.45) is 0 Å². The second-order valence-corrected chi connectivity index (χ2v) is 7.74. The molecule has 2 aromatic carbocycles. The molecule has 0 N–H and O–H groups in total. The lowest BCUT2D eigenvalue weighted by atomic mass is 10.1. The molecule has 0 amide bonds. The number of carbonyl (C=O) groups excluding carboxylic acids is 1. The monoisotopic (exact) mass is 361 g/mol. The van der Waals surface area contributed by atoms with Gasteiger partial charge in [-0.25, -0.2) is 13.2 Å². The highest BCUT2D eigenvalue weighted by Crippen LogP contribution is 2.23. The molecule has 2 rings (SSSR count). The van der Waals surface area contributed by atoms with E-state index in [4.69, 9.17) is 0 Å². The number of carbonyl (C=O) groups is 1. The fraction of sp³-hybridized carbons (Fsp3) is 0.316. The number of sulfonamides is 1. The van der Waals surface area contributed by atoms with Crippen molar-refractivity contribution in [1.82, 2.24) is 4.31 Å². The van der Waals surface area contributed by atoms with Crippen LogP contribution in [0, 0.1) is 13.8 Å². The maximum atomic E-state index is 13.1. The molecule has 134 valence electrons. The SMILES string of the molecule is CCN(Cc1ccccc1C)S(=O)(=O)c1ccc(C(=O)OC)cc1C. The molecule has 0 saturated carbocycles. The summed E-state index contributed by atoms with van der Waals surface area (Å²) in [6.07, 6.45) is 0. The maximum Gasteiger partial charge on any atom is 0.337 e. The maximum absolute atomic E-state index is 13.1. The first-order valence-corrected chi connectivity index (χ1v) is 9.49. The summed E-state index contributed by atoms with van der Waals surface area (Å²) in [5, 5.41) is 0. The van der Waals surface area contributed by atoms with Crippen molar-refractivity contribution in [3.8, 4) is 0 Å². The van der Waals surface area contributed by atoms with Gasteiger partial charge in [0.1, 0.15) is 0 Å². The van der Waals surface area contributed by atoms with Crippen LogP contribution in [0.1, 0.15) is 34.0 Å². The van der Waals surface area contributed by atoms with Crippen molar-refractivity contribution in [2.75, 3.05) is 13.7 Å². The van der Waals surface area contributed by atoms with Crippen molar-refractivity contribution in [3.05, 3.63) is 64.7 Å². The van der Waals surface area contributed by atoms with Crippen LogP contribution in [-0.2, 0) is 21.3 Å². The third-order valence-corrected chi connectivity index (χ3v) is 6.26. The Kier molecular flexibility index (Phi) is 5.98. The van der Waals surface area contributed by atoms with E-state index in [9.17, 15) is 13.2 Å². The number of aryl methyl sites for hydroxylation is 2. The predicted molar refractivity (Wildman–Crippen MR) is 97.0 cm³/mol. The van der Waals surface area contributed by atoms with E-state index in [2.05, 4.69) is 4.74 Å². The van der Waals surface area contributed by atoms with Crippen molar-refractivity contribution < 1.29 is 17.9 Å². The molecule has 5 nitrogen and oxygen atoms in total. The van der Waals surface area contributed by atoms with Gasteiger partial charge in [-0.15, -0.1) is 0 Å². The second-order valence-electron chi connectivity index (χ2n) is 5.83. The van der Waals surface area contributed by atoms with Gasteiger partial charge in [-0.1, -0.05) is 31.2 Å². The van der Waals surface area contributed by atoms with Crippen molar-refractivity contribution in [1.29, 1.82) is 0 Å². The van der Waals surface area contributed by atoms with E-state index < -0.39 is 16.0 Å². The van der Waals surface area contributed by atoms with Gasteiger partial charge in [0.25, 0.3) is 0 Å². The Bertz CT molecular complexity index is 875. The van der Waals surface area contributed by atoms with Crippen LogP contribution in [0.2, 0.25) is 0 Å². The largest absolute Gasteiger partial charge is 0.465 e. The van der Waals surface area contributed by atoms with Crippen molar-refractivity contribution in [3.63, 3.8) is 0 Å². The van der Waals surface area contributed by atoms with Crippen LogP contribution in [0.15, 0.2) is 47.4 Å². The highest BCUT2D eigenvalue weighted by molar-refractivity contribution is 7.89. The van der Waals surface area contributed by atoms with Gasteiger partial charge in [-0.05, 0) is 48.7 Å². The molecule has 0 unspecified atom stereocenters. The number of methoxy groups -OCH3 is 1. The lowest BCUT2D eigenvalue weighted by Crippen LogP contribution is -2.31. The molecule has 0 atom stereocenters. The lowest BCUT2D eigenvalue weighted by molar-refractivity contribution is 0.0600. The van der Waals surface area contributed by atoms with Gasteiger partial charge in [0.2, 0.25) is 10.0 Å². The molecule has 0 aliphatic heterocycles. The first-order valence-electron chi connectivity index (χ1n) is 8.05. The Morgan fingerprint density at radius 2 is 1.76 bits per heavy atom. The van der Waals surface area contributed by atoms with Gasteiger partial charge in [-0.3, -0.25) is 0 Å². The predicted octanol–water partition coefficient (Wildman–Crippen LogP) is 3.30. The highest BCUT2D eigenvalue weighted by Gasteiger charge is 2.26. The van der Waals surface area contributed by atoms with Crippen molar-refractivity contribution >= 4 is 16.0 Å². The fourth-order valence-corrected chi connectivity index (χ4v) is 4.30. The zero-order valence-electron chi connectivity index (χ0n) is 14.9. The number of esters is 1. The highest BCUT2D eigenvalue weighted by atomic mass is 32.2. The summed E-state index contributed by atoms with van der Waals surface area (Å²) in [6.45, 7) is 6.12. The first-order chi connectivity index (χ1) is 11.8. The molecular formula is C19H23NO4S. The molecule has 6 heteroatoms. The second kappa shape index (κ2) is 7.80. The van der Waals surface area contributed by atoms with E-state index in [1.807, 2.05) is 38.1 Å². The normalized spacial score (nSPS) is 11.6. The Morgan fingerprint density at radius 3 is 2.32 bits per heavy atom. The zero-order chi connectivity index (χ0) is 18.6. The Hall–Kier alpha value is -2.18. The van der Waals surface area contributed by atoms with Crippen LogP contribution < -0.4 is 0 Å². The van der Waals surface area contributed by atoms with Gasteiger partial charge >= 0.3 is 5.97 Å². The standard InChI is InChI=1S/C19H23NO4S/c1-5-20(13-17-9-7-6-8-14(17)2)25(22,23)18-11-10-16(12-15(18)3)19(21)24-4/h6-12H,5,13H2,1-4H3. The third kappa shape index (κ3) is 4.08. The van der Waals surface area contributed by atoms with Crippen LogP contribution in [0.5, 0.6) is 0 Å². The molecule has 0 radical (unpaired) electrons. The van der Waals surface area contributed by atoms with Gasteiger partial charge in [0, 0.05) is 13.1 Å². The molecule has 25 heavy (non-hydrogen) atoms. The van der Waals surface area contributed by atoms with E-state index >= 15 is 0 Å². The minimum absolute atomic E-state index is 0.204. The number of rotatable bonds is 6. The summed E-state index contributed by atoms with van der Waals surface area (Å²) in [5.41, 5.74) is 2.87. The Labute approximate surface area is 149 Å². The van der Waals surface area contributed by atoms with E-state index in [0.29, 0.717) is 24.2 Å². The molecule has 0 aliphatic carbocycles. The number of hydrogen-bond acceptors (Lipinski definition) is 4. The smallest absolute Gasteiger partial charge is 0.337 e. The van der Waals surface area contributed by atoms with Crippen LogP contribution in [-0.4, -0.2) is 32.3 Å². The summed E-state index contributed by atoms with van der Waals surface area (Å²) in [4.78, 5) is 11.8. The van der Waals surface area contributed by atoms with Gasteiger partial charge in [0.15, 0.2) is 0 Å². The summed E-state index contributed by atoms with van der Waals surface area (Å²) in [7, 11) is -2.37. The van der Waals surface area contributed by atoms with Gasteiger partial charge < -0.3 is 4.74 Å². The minimum Gasteiger partial charge on any atom is -0.465 e. The zero-order valence-corrected chi connectivity index (χ0v) is 15.8. The number of benzene rings is 2. The minimum atomic E-state index is -3.66. The van der Waals surface area contributed by atoms with Crippen LogP contribution in [0.4, 0.5) is 0 Å². The molecule has 0 bridgehead atoms. The Balaban J connectivity index is 2.38. The van der Waals surface area contributed by atoms with E-state index in [1.165, 1.54) is 23.5 Å². The quantitative estimate of drug-likeness (QED) is 0.741. The van der Waals surface area contributed by atoms with Gasteiger partial charge in [-0.2, -0.15) is 4.31 Å². The molecule has 0 fully saturated rings. The van der Waals surface area contributed by atoms with E-state index in [1.54, 1.807) is 13.0 Å². The Morgan fingerprint density at radius 1 is 1.08 bits per heavy atom. The topological polar surface area (TPSA) is 63.7 Å². The van der Waals surface area contributed by atoms with Gasteiger partial charge in [0.05, 0.1) is 17.6 Å². The summed E-state index contributed by atoms with van der Waals surface area (Å²) in [6, 6.07) is 12.2. The molecule has 0 heterocycles. The first kappa shape index (κ1) is 19.1. The number of nitrogens with zero attached hydrogens (tertiary/aromatic N) is 1. The molecule has 2 aromatic rings. The average molecular weight is 361 g/mol. The molecule has 0 aliphatic rings. The molecular weight excluding hydrogens is 338 g/mol. The molecule has 0 spiro atoms. The summed E-state index contributed by atoms with van der Waals surface area (Å²) >= 11 is 0. The van der Waals surface area contributed by atoms with Crippen molar-refractivity contribution in [2.45, 2.75) is 32.2 Å². The van der Waals surface area contributed by atoms with E-state index in [0.717, 1.165) is 11.1 Å². The summed E-state index contributed by atoms with van der Waals surface area (Å²) in [5.74, 6) is -0.487. The van der Waals surface area contributed by atoms with Crippen LogP contribution in [0.3, 0.4) is 0 Å². The van der Waals surface area contributed by atoms with Crippen LogP contribution >= 0.6 is 0 Å². The molecule has 0 saturated heterocycles. The van der Waals surface area contributed by atoms with E-state index in [-0.39, 0.29) is 4.90 Å². The molecule has 0 aromatic heterocycles. The third-order valence-electron chi connectivity index (χ3n) is 4.17. The average Bonchev–Trinajstić information content (AvgIpc) is 2.59. The fourth-order valence-electron chi connectivity index (χ4n) is 2.67. The number of ether oxygens (including phenoxy) is 1. The van der Waals surface area contributed by atoms with Crippen LogP contribution in [0.25, 0.3) is 0 Å². The lowest BCUT2D eigenvalue weighted by Gasteiger charge is -2.22.